The third-order valence-corrected chi connectivity index (χ3v) is 4.53. The molecule has 0 radical (unpaired) electrons. The summed E-state index contributed by atoms with van der Waals surface area (Å²) in [7, 11) is 0. The maximum Gasteiger partial charge on any atom is 0.344 e. The molecule has 32 heavy (non-hydrogen) atoms. The zero-order valence-electron chi connectivity index (χ0n) is 18.4. The van der Waals surface area contributed by atoms with Crippen molar-refractivity contribution in [3.8, 4) is 17.2 Å². The van der Waals surface area contributed by atoms with Crippen LogP contribution in [-0.4, -0.2) is 44.5 Å². The first-order chi connectivity index (χ1) is 15.5. The Morgan fingerprint density at radius 1 is 1.03 bits per heavy atom. The van der Waals surface area contributed by atoms with Crippen molar-refractivity contribution < 1.29 is 28.5 Å². The van der Waals surface area contributed by atoms with Gasteiger partial charge in [-0.3, -0.25) is 4.79 Å². The third-order valence-electron chi connectivity index (χ3n) is 3.94. The average molecular weight is 507 g/mol. The zero-order chi connectivity index (χ0) is 23.3. The quantitative estimate of drug-likeness (QED) is 0.261. The van der Waals surface area contributed by atoms with Crippen molar-refractivity contribution in [1.82, 2.24) is 5.43 Å². The lowest BCUT2D eigenvalue weighted by atomic mass is 10.2. The average Bonchev–Trinajstić information content (AvgIpc) is 2.78. The SMILES string of the molecule is CCCOc1ccc(C(=O)N/N=C\c2cc(Br)c(OCC(=O)OCC)c(OCC)c2)cc1. The Labute approximate surface area is 196 Å². The molecule has 172 valence electrons. The number of hydrazone groups is 1. The molecule has 8 nitrogen and oxygen atoms in total. The molecule has 0 bridgehead atoms. The third kappa shape index (κ3) is 7.88. The van der Waals surface area contributed by atoms with Crippen LogP contribution < -0.4 is 19.6 Å². The van der Waals surface area contributed by atoms with Gasteiger partial charge in [0.25, 0.3) is 5.91 Å². The highest BCUT2D eigenvalue weighted by Crippen LogP contribution is 2.36. The Bertz CT molecular complexity index is 931. The van der Waals surface area contributed by atoms with Crippen LogP contribution in [0.15, 0.2) is 46.0 Å². The molecule has 1 N–H and O–H groups in total. The van der Waals surface area contributed by atoms with Gasteiger partial charge in [-0.05, 0) is 78.2 Å². The minimum Gasteiger partial charge on any atom is -0.494 e. The fraction of sp³-hybridized carbons (Fsp3) is 0.348. The largest absolute Gasteiger partial charge is 0.494 e. The number of carbonyl (C=O) groups is 2. The number of rotatable bonds is 12. The maximum atomic E-state index is 12.3. The Balaban J connectivity index is 2.04. The van der Waals surface area contributed by atoms with Crippen molar-refractivity contribution in [1.29, 1.82) is 0 Å². The zero-order valence-corrected chi connectivity index (χ0v) is 19.9. The number of nitrogens with one attached hydrogen (secondary N) is 1. The van der Waals surface area contributed by atoms with Crippen molar-refractivity contribution in [2.75, 3.05) is 26.4 Å². The molecule has 0 aliphatic carbocycles. The van der Waals surface area contributed by atoms with E-state index in [1.54, 1.807) is 43.3 Å². The molecule has 0 aliphatic heterocycles. The van der Waals surface area contributed by atoms with Crippen LogP contribution in [0.4, 0.5) is 0 Å². The first-order valence-corrected chi connectivity index (χ1v) is 11.1. The molecule has 0 unspecified atom stereocenters. The summed E-state index contributed by atoms with van der Waals surface area (Å²) in [6.07, 6.45) is 2.40. The van der Waals surface area contributed by atoms with E-state index in [9.17, 15) is 9.59 Å². The van der Waals surface area contributed by atoms with Crippen molar-refractivity contribution in [2.45, 2.75) is 27.2 Å². The standard InChI is InChI=1S/C23H27BrN2O6/c1-4-11-31-18-9-7-17(8-10-18)23(28)26-25-14-16-12-19(24)22(20(13-16)29-5-2)32-15-21(27)30-6-3/h7-10,12-14H,4-6,11,15H2,1-3H3,(H,26,28)/b25-14-. The van der Waals surface area contributed by atoms with E-state index in [1.807, 2.05) is 13.8 Å². The van der Waals surface area contributed by atoms with Crippen LogP contribution in [0.2, 0.25) is 0 Å². The van der Waals surface area contributed by atoms with E-state index in [0.717, 1.165) is 6.42 Å². The Morgan fingerprint density at radius 2 is 1.78 bits per heavy atom. The van der Waals surface area contributed by atoms with Gasteiger partial charge >= 0.3 is 5.97 Å². The van der Waals surface area contributed by atoms with Crippen LogP contribution in [0.3, 0.4) is 0 Å². The first-order valence-electron chi connectivity index (χ1n) is 10.3. The minimum atomic E-state index is -0.472. The Kier molecular flexibility index (Phi) is 10.5. The number of halogens is 1. The highest BCUT2D eigenvalue weighted by atomic mass is 79.9. The molecular formula is C23H27BrN2O6. The number of hydrogen-bond acceptors (Lipinski definition) is 7. The van der Waals surface area contributed by atoms with Crippen LogP contribution in [0.5, 0.6) is 17.2 Å². The van der Waals surface area contributed by atoms with E-state index in [-0.39, 0.29) is 19.1 Å². The van der Waals surface area contributed by atoms with Gasteiger partial charge in [-0.2, -0.15) is 5.10 Å². The smallest absolute Gasteiger partial charge is 0.344 e. The number of benzene rings is 2. The van der Waals surface area contributed by atoms with E-state index >= 15 is 0 Å². The van der Waals surface area contributed by atoms with E-state index in [4.69, 9.17) is 18.9 Å². The molecule has 0 heterocycles. The lowest BCUT2D eigenvalue weighted by Gasteiger charge is -2.14. The highest BCUT2D eigenvalue weighted by molar-refractivity contribution is 9.10. The predicted octanol–water partition coefficient (Wildman–Crippen LogP) is 4.34. The van der Waals surface area contributed by atoms with Gasteiger partial charge < -0.3 is 18.9 Å². The molecule has 0 saturated carbocycles. The Morgan fingerprint density at radius 3 is 2.44 bits per heavy atom. The van der Waals surface area contributed by atoms with Crippen LogP contribution in [0.1, 0.15) is 43.1 Å². The number of esters is 1. The molecule has 1 amide bonds. The molecule has 0 atom stereocenters. The summed E-state index contributed by atoms with van der Waals surface area (Å²) in [4.78, 5) is 23.9. The summed E-state index contributed by atoms with van der Waals surface area (Å²) in [6.45, 7) is 6.66. The number of amides is 1. The van der Waals surface area contributed by atoms with Gasteiger partial charge in [-0.25, -0.2) is 10.2 Å². The summed E-state index contributed by atoms with van der Waals surface area (Å²) in [6, 6.07) is 10.3. The molecular weight excluding hydrogens is 480 g/mol. The summed E-state index contributed by atoms with van der Waals surface area (Å²) in [5, 5.41) is 4.01. The molecule has 2 aromatic rings. The van der Waals surface area contributed by atoms with Crippen LogP contribution >= 0.6 is 15.9 Å². The summed E-state index contributed by atoms with van der Waals surface area (Å²) in [5.74, 6) is 0.709. The number of ether oxygens (including phenoxy) is 4. The fourth-order valence-electron chi connectivity index (χ4n) is 2.55. The predicted molar refractivity (Wildman–Crippen MR) is 125 cm³/mol. The minimum absolute atomic E-state index is 0.238. The van der Waals surface area contributed by atoms with Crippen molar-refractivity contribution >= 4 is 34.0 Å². The molecule has 0 aromatic heterocycles. The van der Waals surface area contributed by atoms with Gasteiger partial charge in [-0.15, -0.1) is 0 Å². The molecule has 0 fully saturated rings. The van der Waals surface area contributed by atoms with E-state index < -0.39 is 5.97 Å². The highest BCUT2D eigenvalue weighted by Gasteiger charge is 2.14. The topological polar surface area (TPSA) is 95.5 Å². The lowest BCUT2D eigenvalue weighted by Crippen LogP contribution is -2.17. The molecule has 0 saturated heterocycles. The van der Waals surface area contributed by atoms with Crippen LogP contribution in [0, 0.1) is 0 Å². The fourth-order valence-corrected chi connectivity index (χ4v) is 3.13. The van der Waals surface area contributed by atoms with Crippen molar-refractivity contribution in [2.24, 2.45) is 5.10 Å². The van der Waals surface area contributed by atoms with E-state index in [1.165, 1.54) is 6.21 Å². The number of carbonyl (C=O) groups excluding carboxylic acids is 2. The summed E-state index contributed by atoms with van der Waals surface area (Å²) < 4.78 is 22.1. The van der Waals surface area contributed by atoms with E-state index in [0.29, 0.717) is 46.1 Å². The van der Waals surface area contributed by atoms with Gasteiger partial charge in [0.2, 0.25) is 0 Å². The van der Waals surface area contributed by atoms with Crippen LogP contribution in [-0.2, 0) is 9.53 Å². The van der Waals surface area contributed by atoms with Crippen molar-refractivity contribution in [3.63, 3.8) is 0 Å². The molecule has 0 aliphatic rings. The number of nitrogens with zero attached hydrogens (tertiary/aromatic N) is 1. The van der Waals surface area contributed by atoms with Crippen molar-refractivity contribution in [3.05, 3.63) is 52.0 Å². The first kappa shape index (κ1) is 25.2. The Hall–Kier alpha value is -3.07. The summed E-state index contributed by atoms with van der Waals surface area (Å²) in [5.41, 5.74) is 3.61. The second-order valence-corrected chi connectivity index (χ2v) is 7.28. The van der Waals surface area contributed by atoms with Gasteiger partial charge in [0.15, 0.2) is 18.1 Å². The molecule has 2 aromatic carbocycles. The van der Waals surface area contributed by atoms with Gasteiger partial charge in [-0.1, -0.05) is 6.92 Å². The van der Waals surface area contributed by atoms with Crippen LogP contribution in [0.25, 0.3) is 0 Å². The van der Waals surface area contributed by atoms with Gasteiger partial charge in [0.05, 0.1) is 30.5 Å². The van der Waals surface area contributed by atoms with Gasteiger partial charge in [0.1, 0.15) is 5.75 Å². The monoisotopic (exact) mass is 506 g/mol. The molecule has 0 spiro atoms. The second kappa shape index (κ2) is 13.4. The maximum absolute atomic E-state index is 12.3. The second-order valence-electron chi connectivity index (χ2n) is 6.43. The van der Waals surface area contributed by atoms with Gasteiger partial charge in [0, 0.05) is 5.56 Å². The number of hydrogen-bond donors (Lipinski definition) is 1. The summed E-state index contributed by atoms with van der Waals surface area (Å²) >= 11 is 3.42. The normalized spacial score (nSPS) is 10.6. The van der Waals surface area contributed by atoms with E-state index in [2.05, 4.69) is 26.5 Å². The molecule has 2 rings (SSSR count). The lowest BCUT2D eigenvalue weighted by molar-refractivity contribution is -0.145. The molecule has 9 heteroatoms.